The molecule has 1 aromatic heterocycles. The first kappa shape index (κ1) is 20.9. The van der Waals surface area contributed by atoms with Crippen molar-refractivity contribution in [3.05, 3.63) is 65.7 Å². The summed E-state index contributed by atoms with van der Waals surface area (Å²) in [5.41, 5.74) is 4.72. The highest BCUT2D eigenvalue weighted by molar-refractivity contribution is 8.01. The number of hydrogen-bond donors (Lipinski definition) is 2. The zero-order valence-corrected chi connectivity index (χ0v) is 16.3. The number of nitrogens with zero attached hydrogens (tertiary/aromatic N) is 1. The van der Waals surface area contributed by atoms with E-state index < -0.39 is 29.1 Å². The summed E-state index contributed by atoms with van der Waals surface area (Å²) in [6.45, 7) is 0. The molecule has 3 N–H and O–H groups in total. The average Bonchev–Trinajstić information content (AvgIpc) is 3.09. The van der Waals surface area contributed by atoms with Gasteiger partial charge in [0.05, 0.1) is 16.9 Å². The van der Waals surface area contributed by atoms with Gasteiger partial charge in [-0.25, -0.2) is 4.98 Å². The van der Waals surface area contributed by atoms with Crippen LogP contribution in [0.3, 0.4) is 0 Å². The molecule has 2 aromatic carbocycles. The van der Waals surface area contributed by atoms with E-state index in [4.69, 9.17) is 5.73 Å². The third-order valence-corrected chi connectivity index (χ3v) is 5.83. The largest absolute Gasteiger partial charge is 0.417 e. The third-order valence-electron chi connectivity index (χ3n) is 3.70. The summed E-state index contributed by atoms with van der Waals surface area (Å²) < 4.78 is 40.2. The van der Waals surface area contributed by atoms with Gasteiger partial charge >= 0.3 is 6.18 Å². The van der Waals surface area contributed by atoms with E-state index in [0.29, 0.717) is 15.6 Å². The number of thioether (sulfide) groups is 1. The summed E-state index contributed by atoms with van der Waals surface area (Å²) in [4.78, 5) is 28.1. The average molecular weight is 437 g/mol. The van der Waals surface area contributed by atoms with E-state index in [1.165, 1.54) is 12.1 Å². The Hall–Kier alpha value is -2.85. The lowest BCUT2D eigenvalue weighted by Crippen LogP contribution is -2.18. The van der Waals surface area contributed by atoms with Crippen LogP contribution in [0, 0.1) is 0 Å². The molecule has 0 atom stereocenters. The Bertz CT molecular complexity index is 1040. The summed E-state index contributed by atoms with van der Waals surface area (Å²) in [5.74, 6) is -1.44. The van der Waals surface area contributed by atoms with Crippen LogP contribution >= 0.6 is 23.1 Å². The maximum Gasteiger partial charge on any atom is 0.417 e. The smallest absolute Gasteiger partial charge is 0.369 e. The van der Waals surface area contributed by atoms with Gasteiger partial charge in [-0.05, 0) is 12.1 Å². The predicted octanol–water partition coefficient (Wildman–Crippen LogP) is 4.66. The van der Waals surface area contributed by atoms with Crippen molar-refractivity contribution in [2.75, 3.05) is 11.1 Å². The summed E-state index contributed by atoms with van der Waals surface area (Å²) in [6.07, 6.45) is -4.66. The number of benzene rings is 2. The Morgan fingerprint density at radius 3 is 2.38 bits per heavy atom. The van der Waals surface area contributed by atoms with Crippen molar-refractivity contribution in [2.45, 2.75) is 10.5 Å². The molecule has 0 saturated heterocycles. The van der Waals surface area contributed by atoms with Gasteiger partial charge in [0.15, 0.2) is 4.34 Å². The van der Waals surface area contributed by atoms with Crippen molar-refractivity contribution < 1.29 is 22.8 Å². The number of anilines is 1. The molecule has 0 aliphatic heterocycles. The number of thiazole rings is 1. The van der Waals surface area contributed by atoms with Gasteiger partial charge in [0.25, 0.3) is 5.91 Å². The molecule has 2 amide bonds. The summed E-state index contributed by atoms with van der Waals surface area (Å²) in [5, 5.41) is 2.82. The standard InChI is InChI=1S/C19H14F3N3O2S2/c20-19(21,22)13-9-5-4-8-12(13)16(27)25-17-15(11-6-2-1-3-7-11)24-18(29-17)28-10-14(23)26/h1-9H,10H2,(H2,23,26)(H,25,27). The van der Waals surface area contributed by atoms with Gasteiger partial charge in [-0.15, -0.1) is 0 Å². The van der Waals surface area contributed by atoms with E-state index in [2.05, 4.69) is 10.3 Å². The minimum absolute atomic E-state index is 0.00790. The van der Waals surface area contributed by atoms with Crippen molar-refractivity contribution in [3.8, 4) is 11.3 Å². The molecule has 3 aromatic rings. The molecule has 10 heteroatoms. The molecule has 0 saturated carbocycles. The first-order valence-electron chi connectivity index (χ1n) is 8.20. The monoisotopic (exact) mass is 437 g/mol. The van der Waals surface area contributed by atoms with E-state index in [1.54, 1.807) is 30.3 Å². The number of carbonyl (C=O) groups excluding carboxylic acids is 2. The zero-order chi connectivity index (χ0) is 21.0. The fourth-order valence-electron chi connectivity index (χ4n) is 2.47. The number of carbonyl (C=O) groups is 2. The highest BCUT2D eigenvalue weighted by Gasteiger charge is 2.35. The van der Waals surface area contributed by atoms with Gasteiger partial charge in [-0.1, -0.05) is 65.6 Å². The van der Waals surface area contributed by atoms with Crippen LogP contribution in [0.5, 0.6) is 0 Å². The van der Waals surface area contributed by atoms with Gasteiger partial charge in [0, 0.05) is 5.56 Å². The summed E-state index contributed by atoms with van der Waals surface area (Å²) in [7, 11) is 0. The van der Waals surface area contributed by atoms with Crippen LogP contribution in [0.4, 0.5) is 18.2 Å². The van der Waals surface area contributed by atoms with Crippen LogP contribution in [-0.2, 0) is 11.0 Å². The number of hydrogen-bond acceptors (Lipinski definition) is 5. The third kappa shape index (κ3) is 5.15. The number of primary amides is 1. The maximum absolute atomic E-state index is 13.2. The number of alkyl halides is 3. The molecule has 0 fully saturated rings. The second-order valence-electron chi connectivity index (χ2n) is 5.78. The fraction of sp³-hybridized carbons (Fsp3) is 0.105. The van der Waals surface area contributed by atoms with Crippen LogP contribution < -0.4 is 11.1 Å². The molecule has 3 rings (SSSR count). The number of nitrogens with two attached hydrogens (primary N) is 1. The topological polar surface area (TPSA) is 85.1 Å². The van der Waals surface area contributed by atoms with Crippen molar-refractivity contribution >= 4 is 39.9 Å². The molecule has 0 aliphatic rings. The zero-order valence-electron chi connectivity index (χ0n) is 14.7. The first-order valence-corrected chi connectivity index (χ1v) is 10.0. The van der Waals surface area contributed by atoms with E-state index in [0.717, 1.165) is 35.2 Å². The second kappa shape index (κ2) is 8.66. The summed E-state index contributed by atoms with van der Waals surface area (Å²) in [6, 6.07) is 13.4. The molecular weight excluding hydrogens is 423 g/mol. The Kier molecular flexibility index (Phi) is 6.23. The Balaban J connectivity index is 1.96. The molecule has 1 heterocycles. The first-order chi connectivity index (χ1) is 13.8. The van der Waals surface area contributed by atoms with Gasteiger partial charge in [-0.3, -0.25) is 9.59 Å². The van der Waals surface area contributed by atoms with Crippen LogP contribution in [-0.4, -0.2) is 22.6 Å². The van der Waals surface area contributed by atoms with Crippen molar-refractivity contribution in [3.63, 3.8) is 0 Å². The SMILES string of the molecule is NC(=O)CSc1nc(-c2ccccc2)c(NC(=O)c2ccccc2C(F)(F)F)s1. The molecule has 0 bridgehead atoms. The lowest BCUT2D eigenvalue weighted by molar-refractivity contribution is -0.137. The molecule has 0 aliphatic carbocycles. The van der Waals surface area contributed by atoms with Crippen LogP contribution in [0.25, 0.3) is 11.3 Å². The van der Waals surface area contributed by atoms with E-state index >= 15 is 0 Å². The van der Waals surface area contributed by atoms with Crippen LogP contribution in [0.1, 0.15) is 15.9 Å². The van der Waals surface area contributed by atoms with E-state index in [1.807, 2.05) is 0 Å². The molecule has 0 radical (unpaired) electrons. The van der Waals surface area contributed by atoms with E-state index in [-0.39, 0.29) is 10.8 Å². The van der Waals surface area contributed by atoms with Crippen molar-refractivity contribution in [2.24, 2.45) is 5.73 Å². The highest BCUT2D eigenvalue weighted by atomic mass is 32.2. The number of aromatic nitrogens is 1. The highest BCUT2D eigenvalue weighted by Crippen LogP contribution is 2.38. The Morgan fingerprint density at radius 1 is 1.07 bits per heavy atom. The van der Waals surface area contributed by atoms with Crippen LogP contribution in [0.2, 0.25) is 0 Å². The number of halogens is 3. The minimum Gasteiger partial charge on any atom is -0.369 e. The predicted molar refractivity (Wildman–Crippen MR) is 107 cm³/mol. The molecular formula is C19H14F3N3O2S2. The fourth-order valence-corrected chi connectivity index (χ4v) is 4.27. The van der Waals surface area contributed by atoms with Gasteiger partial charge in [0.1, 0.15) is 10.7 Å². The van der Waals surface area contributed by atoms with Crippen LogP contribution in [0.15, 0.2) is 58.9 Å². The van der Waals surface area contributed by atoms with Gasteiger partial charge < -0.3 is 11.1 Å². The number of rotatable bonds is 6. The van der Waals surface area contributed by atoms with Gasteiger partial charge in [-0.2, -0.15) is 13.2 Å². The van der Waals surface area contributed by atoms with Gasteiger partial charge in [0.2, 0.25) is 5.91 Å². The Labute approximate surface area is 172 Å². The Morgan fingerprint density at radius 2 is 1.72 bits per heavy atom. The molecule has 0 unspecified atom stereocenters. The van der Waals surface area contributed by atoms with Crippen molar-refractivity contribution in [1.29, 1.82) is 0 Å². The minimum atomic E-state index is -4.66. The normalized spacial score (nSPS) is 11.3. The quantitative estimate of drug-likeness (QED) is 0.550. The molecule has 150 valence electrons. The number of nitrogens with one attached hydrogen (secondary N) is 1. The second-order valence-corrected chi connectivity index (χ2v) is 8.00. The molecule has 0 spiro atoms. The van der Waals surface area contributed by atoms with E-state index in [9.17, 15) is 22.8 Å². The lowest BCUT2D eigenvalue weighted by Gasteiger charge is -2.12. The number of amides is 2. The summed E-state index contributed by atoms with van der Waals surface area (Å²) >= 11 is 2.15. The van der Waals surface area contributed by atoms with Crippen molar-refractivity contribution in [1.82, 2.24) is 4.98 Å². The maximum atomic E-state index is 13.2. The molecule has 29 heavy (non-hydrogen) atoms. The molecule has 5 nitrogen and oxygen atoms in total. The lowest BCUT2D eigenvalue weighted by atomic mass is 10.1.